The molecule has 0 amide bonds. The van der Waals surface area contributed by atoms with E-state index in [1.165, 1.54) is 16.5 Å². The van der Waals surface area contributed by atoms with Crippen molar-refractivity contribution in [3.63, 3.8) is 0 Å². The summed E-state index contributed by atoms with van der Waals surface area (Å²) in [5.41, 5.74) is 6.27. The Bertz CT molecular complexity index is 1350. The molecule has 0 aliphatic rings. The summed E-state index contributed by atoms with van der Waals surface area (Å²) < 4.78 is 17.7. The van der Waals surface area contributed by atoms with E-state index in [9.17, 15) is 5.11 Å². The second-order valence-electron chi connectivity index (χ2n) is 11.3. The molecular formula is C34H42O4Si. The Kier molecular flexibility index (Phi) is 9.03. The van der Waals surface area contributed by atoms with Crippen LogP contribution in [0.1, 0.15) is 52.7 Å². The normalized spacial score (nSPS) is 12.1. The molecule has 0 heterocycles. The van der Waals surface area contributed by atoms with Gasteiger partial charge in [-0.15, -0.1) is 0 Å². The van der Waals surface area contributed by atoms with Gasteiger partial charge in [-0.1, -0.05) is 84.0 Å². The first-order valence-corrected chi connectivity index (χ1v) is 16.0. The zero-order valence-corrected chi connectivity index (χ0v) is 25.3. The Morgan fingerprint density at radius 1 is 0.718 bits per heavy atom. The molecule has 0 fully saturated rings. The van der Waals surface area contributed by atoms with Gasteiger partial charge in [0.15, 0.2) is 6.79 Å². The van der Waals surface area contributed by atoms with Gasteiger partial charge in [0.2, 0.25) is 0 Å². The number of fused-ring (bicyclic) bond motifs is 1. The van der Waals surface area contributed by atoms with Gasteiger partial charge in [0, 0.05) is 7.11 Å². The lowest BCUT2D eigenvalue weighted by atomic mass is 9.90. The summed E-state index contributed by atoms with van der Waals surface area (Å²) in [4.78, 5) is 0. The SMILES string of the molecule is COCOc1ccc2c(Cc3ccc(O[Si](C(C)C)(C(C)C)C(C)C)cc3)c(-c3ccc(O)cc3)ccc2c1. The van der Waals surface area contributed by atoms with E-state index in [0.717, 1.165) is 34.4 Å². The molecule has 0 saturated carbocycles. The highest BCUT2D eigenvalue weighted by atomic mass is 28.4. The van der Waals surface area contributed by atoms with E-state index in [2.05, 4.69) is 90.1 Å². The highest BCUT2D eigenvalue weighted by Crippen LogP contribution is 2.43. The lowest BCUT2D eigenvalue weighted by Crippen LogP contribution is -2.50. The van der Waals surface area contributed by atoms with Crippen molar-refractivity contribution in [3.05, 3.63) is 90.0 Å². The summed E-state index contributed by atoms with van der Waals surface area (Å²) in [6.07, 6.45) is 0.771. The minimum absolute atomic E-state index is 0.215. The molecule has 0 aliphatic carbocycles. The molecule has 4 aromatic carbocycles. The second kappa shape index (κ2) is 12.3. The van der Waals surface area contributed by atoms with Crippen molar-refractivity contribution in [1.82, 2.24) is 0 Å². The maximum atomic E-state index is 9.86. The third-order valence-electron chi connectivity index (χ3n) is 7.93. The number of aromatic hydroxyl groups is 1. The number of rotatable bonds is 11. The minimum Gasteiger partial charge on any atom is -0.543 e. The van der Waals surface area contributed by atoms with E-state index in [4.69, 9.17) is 13.9 Å². The Balaban J connectivity index is 1.71. The Hall–Kier alpha value is -3.28. The van der Waals surface area contributed by atoms with E-state index in [-0.39, 0.29) is 12.5 Å². The van der Waals surface area contributed by atoms with Crippen LogP contribution >= 0.6 is 0 Å². The van der Waals surface area contributed by atoms with E-state index in [1.807, 2.05) is 18.2 Å². The molecule has 0 aromatic heterocycles. The van der Waals surface area contributed by atoms with Crippen LogP contribution in [-0.4, -0.2) is 27.3 Å². The van der Waals surface area contributed by atoms with Crippen molar-refractivity contribution in [3.8, 4) is 28.4 Å². The third-order valence-corrected chi connectivity index (χ3v) is 13.9. The molecule has 4 rings (SSSR count). The number of benzene rings is 4. The molecule has 0 spiro atoms. The van der Waals surface area contributed by atoms with Gasteiger partial charge in [0.05, 0.1) is 0 Å². The van der Waals surface area contributed by atoms with Gasteiger partial charge in [-0.05, 0) is 92.5 Å². The van der Waals surface area contributed by atoms with Crippen molar-refractivity contribution in [2.45, 2.75) is 64.6 Å². The molecule has 1 N–H and O–H groups in total. The summed E-state index contributed by atoms with van der Waals surface area (Å²) >= 11 is 0. The molecular weight excluding hydrogens is 500 g/mol. The molecule has 0 bridgehead atoms. The number of phenols is 1. The van der Waals surface area contributed by atoms with Gasteiger partial charge < -0.3 is 19.0 Å². The van der Waals surface area contributed by atoms with E-state index in [1.54, 1.807) is 19.2 Å². The van der Waals surface area contributed by atoms with Crippen molar-refractivity contribution in [1.29, 1.82) is 0 Å². The highest BCUT2D eigenvalue weighted by Gasteiger charge is 2.46. The largest absolute Gasteiger partial charge is 0.543 e. The maximum Gasteiger partial charge on any atom is 0.258 e. The van der Waals surface area contributed by atoms with Crippen LogP contribution in [0.2, 0.25) is 16.6 Å². The smallest absolute Gasteiger partial charge is 0.258 e. The van der Waals surface area contributed by atoms with Crippen molar-refractivity contribution >= 4 is 19.1 Å². The molecule has 39 heavy (non-hydrogen) atoms. The van der Waals surface area contributed by atoms with Crippen LogP contribution in [-0.2, 0) is 11.2 Å². The summed E-state index contributed by atoms with van der Waals surface area (Å²) in [6, 6.07) is 26.6. The van der Waals surface area contributed by atoms with Crippen LogP contribution in [0.3, 0.4) is 0 Å². The Labute approximate surface area is 234 Å². The summed E-state index contributed by atoms with van der Waals surface area (Å²) in [5, 5.41) is 12.1. The zero-order valence-electron chi connectivity index (χ0n) is 24.3. The molecule has 0 unspecified atom stereocenters. The van der Waals surface area contributed by atoms with Gasteiger partial charge in [0.25, 0.3) is 8.32 Å². The van der Waals surface area contributed by atoms with Gasteiger partial charge in [-0.25, -0.2) is 0 Å². The number of ether oxygens (including phenoxy) is 2. The first kappa shape index (κ1) is 28.7. The van der Waals surface area contributed by atoms with Crippen molar-refractivity contribution < 1.29 is 19.0 Å². The average molecular weight is 543 g/mol. The minimum atomic E-state index is -2.01. The summed E-state index contributed by atoms with van der Waals surface area (Å²) in [6.45, 7) is 14.1. The van der Waals surface area contributed by atoms with Crippen LogP contribution in [0.4, 0.5) is 0 Å². The van der Waals surface area contributed by atoms with Gasteiger partial charge in [-0.3, -0.25) is 0 Å². The molecule has 4 nitrogen and oxygen atoms in total. The van der Waals surface area contributed by atoms with E-state index in [0.29, 0.717) is 16.6 Å². The monoisotopic (exact) mass is 542 g/mol. The first-order valence-electron chi connectivity index (χ1n) is 13.9. The van der Waals surface area contributed by atoms with Crippen LogP contribution in [0.25, 0.3) is 21.9 Å². The van der Waals surface area contributed by atoms with Crippen LogP contribution in [0, 0.1) is 0 Å². The number of hydrogen-bond acceptors (Lipinski definition) is 4. The molecule has 206 valence electrons. The molecule has 5 heteroatoms. The Morgan fingerprint density at radius 2 is 1.33 bits per heavy atom. The summed E-state index contributed by atoms with van der Waals surface area (Å²) in [7, 11) is -0.389. The fraction of sp³-hybridized carbons (Fsp3) is 0.353. The third kappa shape index (κ3) is 6.15. The van der Waals surface area contributed by atoms with Crippen molar-refractivity contribution in [2.75, 3.05) is 13.9 Å². The fourth-order valence-electron chi connectivity index (χ4n) is 6.13. The van der Waals surface area contributed by atoms with Gasteiger partial charge >= 0.3 is 0 Å². The van der Waals surface area contributed by atoms with E-state index >= 15 is 0 Å². The number of phenolic OH excluding ortho intramolecular Hbond substituents is 1. The summed E-state index contributed by atoms with van der Waals surface area (Å²) in [5.74, 6) is 2.01. The molecule has 4 aromatic rings. The highest BCUT2D eigenvalue weighted by molar-refractivity contribution is 6.78. The predicted molar refractivity (Wildman–Crippen MR) is 164 cm³/mol. The molecule has 0 saturated heterocycles. The van der Waals surface area contributed by atoms with Crippen LogP contribution in [0.5, 0.6) is 17.2 Å². The molecule has 0 atom stereocenters. The topological polar surface area (TPSA) is 47.9 Å². The van der Waals surface area contributed by atoms with Gasteiger partial charge in [0.1, 0.15) is 17.2 Å². The van der Waals surface area contributed by atoms with Crippen molar-refractivity contribution in [2.24, 2.45) is 0 Å². The standard InChI is InChI=1S/C34H42O4Si/c1-23(2)39(24(3)4,25(5)6)38-30-15-8-26(9-16-30)20-34-32(27-10-13-29(35)14-11-27)18-12-28-21-31(37-22-36-7)17-19-33(28)34/h8-19,21,23-25,35H,20,22H2,1-7H3. The lowest BCUT2D eigenvalue weighted by molar-refractivity contribution is 0.0512. The lowest BCUT2D eigenvalue weighted by Gasteiger charge is -2.42. The fourth-order valence-corrected chi connectivity index (χ4v) is 11.4. The Morgan fingerprint density at radius 3 is 1.92 bits per heavy atom. The van der Waals surface area contributed by atoms with Crippen LogP contribution in [0.15, 0.2) is 78.9 Å². The maximum absolute atomic E-state index is 9.86. The predicted octanol–water partition coefficient (Wildman–Crippen LogP) is 9.34. The van der Waals surface area contributed by atoms with Crippen LogP contribution < -0.4 is 9.16 Å². The number of hydrogen-bond donors (Lipinski definition) is 1. The second-order valence-corrected chi connectivity index (χ2v) is 16.7. The average Bonchev–Trinajstić information content (AvgIpc) is 2.91. The number of methoxy groups -OCH3 is 1. The first-order chi connectivity index (χ1) is 18.6. The van der Waals surface area contributed by atoms with E-state index < -0.39 is 8.32 Å². The zero-order chi connectivity index (χ0) is 28.2. The molecule has 0 aliphatic heterocycles. The molecule has 0 radical (unpaired) electrons. The quantitative estimate of drug-likeness (QED) is 0.151. The van der Waals surface area contributed by atoms with Gasteiger partial charge in [-0.2, -0.15) is 0 Å².